The molecule has 0 aromatic carbocycles. The molecule has 0 unspecified atom stereocenters. The summed E-state index contributed by atoms with van der Waals surface area (Å²) < 4.78 is 0. The van der Waals surface area contributed by atoms with Gasteiger partial charge in [0.2, 0.25) is 0 Å². The number of carbonyl (C=O) groups is 1. The number of amides is 2. The third-order valence-corrected chi connectivity index (χ3v) is 4.98. The van der Waals surface area contributed by atoms with Gasteiger partial charge in [-0.3, -0.25) is 0 Å². The minimum Gasteiger partial charge on any atom is -0.333 e. The van der Waals surface area contributed by atoms with Crippen LogP contribution in [-0.4, -0.2) is 48.6 Å². The van der Waals surface area contributed by atoms with Crippen molar-refractivity contribution >= 4 is 17.4 Å². The van der Waals surface area contributed by atoms with Gasteiger partial charge in [-0.25, -0.2) is 4.79 Å². The van der Waals surface area contributed by atoms with Gasteiger partial charge in [-0.2, -0.15) is 0 Å². The van der Waals surface area contributed by atoms with E-state index >= 15 is 0 Å². The fraction of sp³-hybridized carbons (Fsp3) is 0.615. The molecule has 3 rings (SSSR count). The molecule has 1 aromatic rings. The smallest absolute Gasteiger partial charge is 0.317 e. The molecule has 2 aliphatic rings. The lowest BCUT2D eigenvalue weighted by Crippen LogP contribution is -2.40. The number of urea groups is 1. The lowest BCUT2D eigenvalue weighted by atomic mass is 10.1. The molecule has 4 nitrogen and oxygen atoms in total. The molecule has 18 heavy (non-hydrogen) atoms. The van der Waals surface area contributed by atoms with Crippen LogP contribution >= 0.6 is 11.3 Å². The molecule has 1 aromatic heterocycles. The largest absolute Gasteiger partial charge is 0.333 e. The van der Waals surface area contributed by atoms with Crippen LogP contribution in [0.3, 0.4) is 0 Å². The van der Waals surface area contributed by atoms with Crippen LogP contribution in [0.15, 0.2) is 17.5 Å². The molecule has 0 radical (unpaired) electrons. The molecule has 1 N–H and O–H groups in total. The van der Waals surface area contributed by atoms with Crippen LogP contribution in [-0.2, 0) is 6.54 Å². The fourth-order valence-corrected chi connectivity index (χ4v) is 3.67. The van der Waals surface area contributed by atoms with Gasteiger partial charge in [-0.05, 0) is 37.4 Å². The Morgan fingerprint density at radius 2 is 2.44 bits per heavy atom. The lowest BCUT2D eigenvalue weighted by Gasteiger charge is -2.20. The topological polar surface area (TPSA) is 35.6 Å². The quantitative estimate of drug-likeness (QED) is 0.881. The third kappa shape index (κ3) is 2.24. The van der Waals surface area contributed by atoms with Crippen molar-refractivity contribution < 1.29 is 4.79 Å². The Labute approximate surface area is 112 Å². The maximum atomic E-state index is 12.1. The van der Waals surface area contributed by atoms with Gasteiger partial charge in [0, 0.05) is 24.0 Å². The number of rotatable bonds is 2. The van der Waals surface area contributed by atoms with Gasteiger partial charge in [-0.1, -0.05) is 6.07 Å². The SMILES string of the molecule is CN1CC[C@H]2CN(C(=O)NCc3cccs3)C[C@H]21. The van der Waals surface area contributed by atoms with E-state index in [0.717, 1.165) is 13.1 Å². The van der Waals surface area contributed by atoms with E-state index in [0.29, 0.717) is 18.5 Å². The van der Waals surface area contributed by atoms with Crippen molar-refractivity contribution in [2.75, 3.05) is 26.7 Å². The Morgan fingerprint density at radius 1 is 1.56 bits per heavy atom. The van der Waals surface area contributed by atoms with Crippen molar-refractivity contribution in [1.29, 1.82) is 0 Å². The Bertz CT molecular complexity index is 420. The third-order valence-electron chi connectivity index (χ3n) is 4.11. The number of hydrogen-bond acceptors (Lipinski definition) is 3. The Hall–Kier alpha value is -1.07. The summed E-state index contributed by atoms with van der Waals surface area (Å²) in [5.74, 6) is 0.683. The zero-order valence-electron chi connectivity index (χ0n) is 10.6. The fourth-order valence-electron chi connectivity index (χ4n) is 3.03. The summed E-state index contributed by atoms with van der Waals surface area (Å²) in [6.45, 7) is 3.64. The van der Waals surface area contributed by atoms with E-state index in [4.69, 9.17) is 0 Å². The summed E-state index contributed by atoms with van der Waals surface area (Å²) in [5.41, 5.74) is 0. The predicted octanol–water partition coefficient (Wildman–Crippen LogP) is 1.59. The van der Waals surface area contributed by atoms with Crippen LogP contribution in [0.25, 0.3) is 0 Å². The van der Waals surface area contributed by atoms with Crippen molar-refractivity contribution in [2.45, 2.75) is 19.0 Å². The van der Waals surface area contributed by atoms with Gasteiger partial charge in [0.1, 0.15) is 0 Å². The summed E-state index contributed by atoms with van der Waals surface area (Å²) in [6.07, 6.45) is 1.23. The van der Waals surface area contributed by atoms with Crippen molar-refractivity contribution in [3.8, 4) is 0 Å². The molecule has 0 aliphatic carbocycles. The van der Waals surface area contributed by atoms with E-state index < -0.39 is 0 Å². The number of nitrogens with zero attached hydrogens (tertiary/aromatic N) is 2. The van der Waals surface area contributed by atoms with Gasteiger partial charge < -0.3 is 15.1 Å². The van der Waals surface area contributed by atoms with Gasteiger partial charge in [0.15, 0.2) is 0 Å². The highest BCUT2D eigenvalue weighted by Crippen LogP contribution is 2.30. The molecule has 2 aliphatic heterocycles. The van der Waals surface area contributed by atoms with Gasteiger partial charge >= 0.3 is 6.03 Å². The van der Waals surface area contributed by atoms with Crippen molar-refractivity contribution in [3.05, 3.63) is 22.4 Å². The Balaban J connectivity index is 1.52. The van der Waals surface area contributed by atoms with Crippen LogP contribution < -0.4 is 5.32 Å². The van der Waals surface area contributed by atoms with Crippen LogP contribution in [0.2, 0.25) is 0 Å². The van der Waals surface area contributed by atoms with E-state index in [2.05, 4.69) is 23.3 Å². The standard InChI is InChI=1S/C13H19N3OS/c1-15-5-4-10-8-16(9-12(10)15)13(17)14-7-11-3-2-6-18-11/h2-3,6,10,12H,4-5,7-9H2,1H3,(H,14,17)/t10-,12+/m0/s1. The molecule has 2 fully saturated rings. The van der Waals surface area contributed by atoms with Gasteiger partial charge in [0.05, 0.1) is 6.54 Å². The molecule has 2 saturated heterocycles. The molecule has 2 amide bonds. The first kappa shape index (κ1) is 12.0. The second-order valence-electron chi connectivity index (χ2n) is 5.24. The first-order valence-corrected chi connectivity index (χ1v) is 7.37. The molecule has 0 spiro atoms. The normalized spacial score (nSPS) is 27.5. The molecule has 0 bridgehead atoms. The first-order chi connectivity index (χ1) is 8.74. The van der Waals surface area contributed by atoms with E-state index in [1.165, 1.54) is 17.8 Å². The van der Waals surface area contributed by atoms with Crippen molar-refractivity contribution in [1.82, 2.24) is 15.1 Å². The molecular formula is C13H19N3OS. The second kappa shape index (κ2) is 4.90. The molecule has 3 heterocycles. The van der Waals surface area contributed by atoms with Crippen LogP contribution in [0, 0.1) is 5.92 Å². The zero-order chi connectivity index (χ0) is 12.5. The van der Waals surface area contributed by atoms with E-state index in [1.54, 1.807) is 11.3 Å². The monoisotopic (exact) mass is 265 g/mol. The number of likely N-dealkylation sites (N-methyl/N-ethyl adjacent to an activating group) is 1. The van der Waals surface area contributed by atoms with Crippen LogP contribution in [0.5, 0.6) is 0 Å². The first-order valence-electron chi connectivity index (χ1n) is 6.49. The maximum absolute atomic E-state index is 12.1. The highest BCUT2D eigenvalue weighted by Gasteiger charge is 2.41. The summed E-state index contributed by atoms with van der Waals surface area (Å²) in [7, 11) is 2.16. The van der Waals surface area contributed by atoms with E-state index in [-0.39, 0.29) is 6.03 Å². The molecule has 98 valence electrons. The Kier molecular flexibility index (Phi) is 3.26. The second-order valence-corrected chi connectivity index (χ2v) is 6.27. The maximum Gasteiger partial charge on any atom is 0.317 e. The number of thiophene rings is 1. The molecule has 5 heteroatoms. The summed E-state index contributed by atoms with van der Waals surface area (Å²) in [4.78, 5) is 17.6. The Morgan fingerprint density at radius 3 is 3.17 bits per heavy atom. The minimum atomic E-state index is 0.0891. The van der Waals surface area contributed by atoms with Gasteiger partial charge in [0.25, 0.3) is 0 Å². The number of hydrogen-bond donors (Lipinski definition) is 1. The van der Waals surface area contributed by atoms with E-state index in [1.807, 2.05) is 16.3 Å². The van der Waals surface area contributed by atoms with Crippen molar-refractivity contribution in [3.63, 3.8) is 0 Å². The highest BCUT2D eigenvalue weighted by atomic mass is 32.1. The summed E-state index contributed by atoms with van der Waals surface area (Å²) in [5, 5.41) is 5.05. The van der Waals surface area contributed by atoms with Crippen molar-refractivity contribution in [2.24, 2.45) is 5.92 Å². The average molecular weight is 265 g/mol. The average Bonchev–Trinajstić information content (AvgIpc) is 3.05. The number of likely N-dealkylation sites (tertiary alicyclic amines) is 2. The van der Waals surface area contributed by atoms with Crippen LogP contribution in [0.4, 0.5) is 4.79 Å². The van der Waals surface area contributed by atoms with Gasteiger partial charge in [-0.15, -0.1) is 11.3 Å². The zero-order valence-corrected chi connectivity index (χ0v) is 11.4. The predicted molar refractivity (Wildman–Crippen MR) is 72.7 cm³/mol. The number of nitrogens with one attached hydrogen (secondary N) is 1. The summed E-state index contributed by atoms with van der Waals surface area (Å²) in [6, 6.07) is 4.74. The minimum absolute atomic E-state index is 0.0891. The lowest BCUT2D eigenvalue weighted by molar-refractivity contribution is 0.200. The number of fused-ring (bicyclic) bond motifs is 1. The summed E-state index contributed by atoms with van der Waals surface area (Å²) >= 11 is 1.68. The molecular weight excluding hydrogens is 246 g/mol. The highest BCUT2D eigenvalue weighted by molar-refractivity contribution is 7.09. The molecule has 2 atom stereocenters. The molecule has 0 saturated carbocycles. The van der Waals surface area contributed by atoms with Crippen LogP contribution in [0.1, 0.15) is 11.3 Å². The van der Waals surface area contributed by atoms with E-state index in [9.17, 15) is 4.79 Å². The number of carbonyl (C=O) groups excluding carboxylic acids is 1.